The highest BCUT2D eigenvalue weighted by atomic mass is 15.1. The highest BCUT2D eigenvalue weighted by Gasteiger charge is 2.10. The lowest BCUT2D eigenvalue weighted by Gasteiger charge is -1.99. The van der Waals surface area contributed by atoms with E-state index >= 15 is 0 Å². The maximum Gasteiger partial charge on any atom is 0.213 e. The summed E-state index contributed by atoms with van der Waals surface area (Å²) in [5.74, 6) is 0.900. The van der Waals surface area contributed by atoms with Crippen LogP contribution in [0.3, 0.4) is 0 Å². The van der Waals surface area contributed by atoms with Gasteiger partial charge in [0.15, 0.2) is 0 Å². The standard InChI is InChI=1S/C17H11N3/c1-2-6-12-10-16-14(9-11(12)5-1)19-17-18-13-7-3-4-8-15(13)20(16)17/h1-10H,(H,18,19). The normalized spacial score (nSPS) is 12.0. The zero-order chi connectivity index (χ0) is 13.1. The second-order valence-corrected chi connectivity index (χ2v) is 5.10. The Morgan fingerprint density at radius 1 is 0.800 bits per heavy atom. The quantitative estimate of drug-likeness (QED) is 0.444. The van der Waals surface area contributed by atoms with E-state index in [-0.39, 0.29) is 0 Å². The van der Waals surface area contributed by atoms with Crippen LogP contribution in [0.5, 0.6) is 0 Å². The van der Waals surface area contributed by atoms with Crippen molar-refractivity contribution < 1.29 is 0 Å². The fraction of sp³-hybridized carbons (Fsp3) is 0. The fourth-order valence-corrected chi connectivity index (χ4v) is 2.99. The fourth-order valence-electron chi connectivity index (χ4n) is 2.99. The van der Waals surface area contributed by atoms with Gasteiger partial charge in [0.1, 0.15) is 0 Å². The summed E-state index contributed by atoms with van der Waals surface area (Å²) in [6.07, 6.45) is 0. The lowest BCUT2D eigenvalue weighted by molar-refractivity contribution is 1.28. The highest BCUT2D eigenvalue weighted by molar-refractivity contribution is 5.99. The van der Waals surface area contributed by atoms with Crippen LogP contribution in [-0.4, -0.2) is 14.4 Å². The predicted octanol–water partition coefficient (Wildman–Crippen LogP) is 4.12. The molecule has 2 aromatic heterocycles. The van der Waals surface area contributed by atoms with E-state index in [0.717, 1.165) is 22.3 Å². The molecule has 0 aliphatic rings. The Hall–Kier alpha value is -2.81. The first kappa shape index (κ1) is 10.0. The predicted molar refractivity (Wildman–Crippen MR) is 82.1 cm³/mol. The summed E-state index contributed by atoms with van der Waals surface area (Å²) in [5, 5.41) is 2.49. The second kappa shape index (κ2) is 3.39. The molecule has 3 heteroatoms. The number of H-pyrrole nitrogens is 1. The Bertz CT molecular complexity index is 1090. The molecular formula is C17H11N3. The number of aromatic amines is 1. The largest absolute Gasteiger partial charge is 0.323 e. The number of rotatable bonds is 0. The smallest absolute Gasteiger partial charge is 0.213 e. The van der Waals surface area contributed by atoms with Gasteiger partial charge >= 0.3 is 0 Å². The van der Waals surface area contributed by atoms with Gasteiger partial charge in [-0.05, 0) is 35.0 Å². The van der Waals surface area contributed by atoms with Gasteiger partial charge in [-0.1, -0.05) is 36.4 Å². The minimum atomic E-state index is 0.900. The number of hydrogen-bond donors (Lipinski definition) is 1. The molecule has 0 bridgehead atoms. The van der Waals surface area contributed by atoms with Crippen molar-refractivity contribution in [2.75, 3.05) is 0 Å². The van der Waals surface area contributed by atoms with E-state index in [0.29, 0.717) is 0 Å². The monoisotopic (exact) mass is 257 g/mol. The SMILES string of the molecule is c1ccc2cc3c(cc2c1)[nH]c1nc2ccccc2n13. The molecule has 3 aromatic carbocycles. The molecule has 0 fully saturated rings. The number of aromatic nitrogens is 3. The third-order valence-electron chi connectivity index (χ3n) is 3.91. The van der Waals surface area contributed by atoms with Crippen molar-refractivity contribution in [2.24, 2.45) is 0 Å². The van der Waals surface area contributed by atoms with Gasteiger partial charge in [-0.2, -0.15) is 0 Å². The van der Waals surface area contributed by atoms with Gasteiger partial charge in [0.2, 0.25) is 5.78 Å². The molecule has 5 rings (SSSR count). The zero-order valence-electron chi connectivity index (χ0n) is 10.7. The third-order valence-corrected chi connectivity index (χ3v) is 3.91. The molecular weight excluding hydrogens is 246 g/mol. The maximum atomic E-state index is 4.65. The van der Waals surface area contributed by atoms with Crippen molar-refractivity contribution in [2.45, 2.75) is 0 Å². The molecule has 0 saturated carbocycles. The Kier molecular flexibility index (Phi) is 1.70. The van der Waals surface area contributed by atoms with Crippen molar-refractivity contribution >= 4 is 38.6 Å². The van der Waals surface area contributed by atoms with Crippen molar-refractivity contribution in [1.82, 2.24) is 14.4 Å². The van der Waals surface area contributed by atoms with Gasteiger partial charge in [-0.25, -0.2) is 4.98 Å². The number of nitrogens with one attached hydrogen (secondary N) is 1. The minimum Gasteiger partial charge on any atom is -0.323 e. The topological polar surface area (TPSA) is 33.1 Å². The number of para-hydroxylation sites is 2. The van der Waals surface area contributed by atoms with Gasteiger partial charge in [-0.15, -0.1) is 0 Å². The van der Waals surface area contributed by atoms with E-state index in [2.05, 4.69) is 62.9 Å². The summed E-state index contributed by atoms with van der Waals surface area (Å²) < 4.78 is 2.19. The number of fused-ring (bicyclic) bond motifs is 6. The molecule has 0 spiro atoms. The number of imidazole rings is 2. The van der Waals surface area contributed by atoms with Crippen LogP contribution in [0.4, 0.5) is 0 Å². The zero-order valence-corrected chi connectivity index (χ0v) is 10.7. The Balaban J connectivity index is 2.07. The molecule has 0 unspecified atom stereocenters. The molecule has 0 aliphatic carbocycles. The van der Waals surface area contributed by atoms with E-state index in [1.54, 1.807) is 0 Å². The van der Waals surface area contributed by atoms with Gasteiger partial charge in [0.05, 0.1) is 22.1 Å². The van der Waals surface area contributed by atoms with E-state index < -0.39 is 0 Å². The summed E-state index contributed by atoms with van der Waals surface area (Å²) in [5.41, 5.74) is 4.46. The van der Waals surface area contributed by atoms with Crippen molar-refractivity contribution in [1.29, 1.82) is 0 Å². The Labute approximate surface area is 114 Å². The molecule has 0 aliphatic heterocycles. The lowest BCUT2D eigenvalue weighted by Crippen LogP contribution is -1.80. The number of nitrogens with zero attached hydrogens (tertiary/aromatic N) is 2. The summed E-state index contributed by atoms with van der Waals surface area (Å²) in [6, 6.07) is 21.1. The van der Waals surface area contributed by atoms with Crippen LogP contribution >= 0.6 is 0 Å². The summed E-state index contributed by atoms with van der Waals surface area (Å²) in [6.45, 7) is 0. The van der Waals surface area contributed by atoms with Crippen LogP contribution < -0.4 is 0 Å². The van der Waals surface area contributed by atoms with Crippen LogP contribution in [0, 0.1) is 0 Å². The molecule has 2 heterocycles. The maximum absolute atomic E-state index is 4.65. The van der Waals surface area contributed by atoms with Crippen molar-refractivity contribution in [3.63, 3.8) is 0 Å². The number of hydrogen-bond acceptors (Lipinski definition) is 1. The van der Waals surface area contributed by atoms with E-state index in [9.17, 15) is 0 Å². The lowest BCUT2D eigenvalue weighted by atomic mass is 10.1. The molecule has 0 radical (unpaired) electrons. The molecule has 20 heavy (non-hydrogen) atoms. The van der Waals surface area contributed by atoms with Gasteiger partial charge < -0.3 is 4.98 Å². The van der Waals surface area contributed by atoms with Crippen LogP contribution in [-0.2, 0) is 0 Å². The first-order valence-electron chi connectivity index (χ1n) is 6.68. The number of benzene rings is 3. The van der Waals surface area contributed by atoms with E-state index in [1.165, 1.54) is 16.3 Å². The van der Waals surface area contributed by atoms with Crippen molar-refractivity contribution in [3.05, 3.63) is 60.7 Å². The molecule has 5 aromatic rings. The molecule has 1 N–H and O–H groups in total. The molecule has 94 valence electrons. The van der Waals surface area contributed by atoms with Gasteiger partial charge in [0.25, 0.3) is 0 Å². The molecule has 0 saturated heterocycles. The summed E-state index contributed by atoms with van der Waals surface area (Å²) in [7, 11) is 0. The van der Waals surface area contributed by atoms with Gasteiger partial charge in [-0.3, -0.25) is 4.40 Å². The van der Waals surface area contributed by atoms with Crippen molar-refractivity contribution in [3.8, 4) is 0 Å². The van der Waals surface area contributed by atoms with E-state index in [4.69, 9.17) is 0 Å². The summed E-state index contributed by atoms with van der Waals surface area (Å²) in [4.78, 5) is 8.06. The average molecular weight is 257 g/mol. The van der Waals surface area contributed by atoms with Crippen LogP contribution in [0.25, 0.3) is 38.6 Å². The van der Waals surface area contributed by atoms with E-state index in [1.807, 2.05) is 12.1 Å². The van der Waals surface area contributed by atoms with Crippen LogP contribution in [0.15, 0.2) is 60.7 Å². The first-order valence-corrected chi connectivity index (χ1v) is 6.68. The highest BCUT2D eigenvalue weighted by Crippen LogP contribution is 2.26. The summed E-state index contributed by atoms with van der Waals surface area (Å²) >= 11 is 0. The van der Waals surface area contributed by atoms with Gasteiger partial charge in [0, 0.05) is 0 Å². The van der Waals surface area contributed by atoms with Crippen LogP contribution in [0.1, 0.15) is 0 Å². The van der Waals surface area contributed by atoms with Crippen LogP contribution in [0.2, 0.25) is 0 Å². The molecule has 0 amide bonds. The Morgan fingerprint density at radius 3 is 2.45 bits per heavy atom. The first-order chi connectivity index (χ1) is 9.90. The Morgan fingerprint density at radius 2 is 1.55 bits per heavy atom. The average Bonchev–Trinajstić information content (AvgIpc) is 3.00. The molecule has 3 nitrogen and oxygen atoms in total. The molecule has 0 atom stereocenters. The minimum absolute atomic E-state index is 0.900. The third kappa shape index (κ3) is 1.17. The second-order valence-electron chi connectivity index (χ2n) is 5.10.